The highest BCUT2D eigenvalue weighted by atomic mass is 15.3. The minimum Gasteiger partial charge on any atom is -0.357 e. The predicted octanol–water partition coefficient (Wildman–Crippen LogP) is 3.50. The molecule has 0 saturated heterocycles. The van der Waals surface area contributed by atoms with E-state index >= 15 is 0 Å². The van der Waals surface area contributed by atoms with Crippen molar-refractivity contribution in [1.29, 1.82) is 0 Å². The second-order valence-electron chi connectivity index (χ2n) is 7.36. The molecular weight excluding hydrogens is 310 g/mol. The molecule has 0 amide bonds. The molecule has 0 spiro atoms. The van der Waals surface area contributed by atoms with E-state index in [1.54, 1.807) is 0 Å². The summed E-state index contributed by atoms with van der Waals surface area (Å²) in [6.07, 6.45) is 10.7. The molecule has 0 atom stereocenters. The molecule has 1 heterocycles. The van der Waals surface area contributed by atoms with Gasteiger partial charge in [-0.3, -0.25) is 9.67 Å². The molecule has 25 heavy (non-hydrogen) atoms. The molecule has 1 aliphatic carbocycles. The van der Waals surface area contributed by atoms with Crippen molar-refractivity contribution in [3.8, 4) is 0 Å². The minimum atomic E-state index is 0.890. The molecule has 0 unspecified atom stereocenters. The Kier molecular flexibility index (Phi) is 8.29. The second kappa shape index (κ2) is 10.5. The van der Waals surface area contributed by atoms with Crippen molar-refractivity contribution in [1.82, 2.24) is 20.4 Å². The predicted molar refractivity (Wildman–Crippen MR) is 106 cm³/mol. The number of nitrogens with one attached hydrogen (secondary N) is 2. The van der Waals surface area contributed by atoms with Gasteiger partial charge >= 0.3 is 0 Å². The fourth-order valence-electron chi connectivity index (χ4n) is 3.86. The summed E-state index contributed by atoms with van der Waals surface area (Å²) in [5.41, 5.74) is 3.74. The Balaban J connectivity index is 1.69. The number of unbranched alkanes of at least 4 members (excludes halogenated alkanes) is 1. The van der Waals surface area contributed by atoms with Gasteiger partial charge in [0.05, 0.1) is 5.69 Å². The lowest BCUT2D eigenvalue weighted by Gasteiger charge is -2.12. The zero-order valence-corrected chi connectivity index (χ0v) is 16.7. The van der Waals surface area contributed by atoms with E-state index in [2.05, 4.69) is 36.5 Å². The maximum atomic E-state index is 4.73. The lowest BCUT2D eigenvalue weighted by molar-refractivity contribution is 0.475. The highest BCUT2D eigenvalue weighted by molar-refractivity contribution is 5.79. The van der Waals surface area contributed by atoms with E-state index in [9.17, 15) is 0 Å². The molecule has 2 N–H and O–H groups in total. The fourth-order valence-corrected chi connectivity index (χ4v) is 3.86. The van der Waals surface area contributed by atoms with Crippen LogP contribution >= 0.6 is 0 Å². The van der Waals surface area contributed by atoms with Crippen LogP contribution in [0.3, 0.4) is 0 Å². The molecule has 0 bridgehead atoms. The quantitative estimate of drug-likeness (QED) is 0.408. The molecule has 1 aromatic rings. The van der Waals surface area contributed by atoms with Crippen molar-refractivity contribution in [2.24, 2.45) is 18.0 Å². The summed E-state index contributed by atoms with van der Waals surface area (Å²) in [6.45, 7) is 9.06. The molecular formula is C20H37N5. The van der Waals surface area contributed by atoms with Crippen molar-refractivity contribution in [3.63, 3.8) is 0 Å². The summed E-state index contributed by atoms with van der Waals surface area (Å²) < 4.78 is 1.97. The average molecular weight is 348 g/mol. The number of hydrogen-bond acceptors (Lipinski definition) is 2. The Labute approximate surface area is 153 Å². The Morgan fingerprint density at radius 1 is 1.20 bits per heavy atom. The van der Waals surface area contributed by atoms with Crippen LogP contribution in [-0.2, 0) is 13.5 Å². The van der Waals surface area contributed by atoms with E-state index in [1.165, 1.54) is 56.2 Å². The minimum absolute atomic E-state index is 0.890. The molecule has 0 aliphatic heterocycles. The first-order chi connectivity index (χ1) is 12.1. The van der Waals surface area contributed by atoms with Gasteiger partial charge in [-0.2, -0.15) is 5.10 Å². The molecule has 1 aliphatic rings. The van der Waals surface area contributed by atoms with Gasteiger partial charge in [0.25, 0.3) is 0 Å². The summed E-state index contributed by atoms with van der Waals surface area (Å²) in [6, 6.07) is 0. The first-order valence-electron chi connectivity index (χ1n) is 10.1. The zero-order valence-electron chi connectivity index (χ0n) is 16.7. The number of aromatic nitrogens is 2. The van der Waals surface area contributed by atoms with Gasteiger partial charge in [-0.25, -0.2) is 0 Å². The molecule has 1 saturated carbocycles. The zero-order chi connectivity index (χ0) is 18.1. The van der Waals surface area contributed by atoms with Crippen molar-refractivity contribution < 1.29 is 0 Å². The summed E-state index contributed by atoms with van der Waals surface area (Å²) in [5.74, 6) is 1.95. The summed E-state index contributed by atoms with van der Waals surface area (Å²) in [7, 11) is 2.01. The van der Waals surface area contributed by atoms with E-state index in [0.29, 0.717) is 0 Å². The Bertz CT molecular complexity index is 541. The second-order valence-corrected chi connectivity index (χ2v) is 7.36. The number of nitrogens with zero attached hydrogens (tertiary/aromatic N) is 3. The monoisotopic (exact) mass is 347 g/mol. The maximum Gasteiger partial charge on any atom is 0.191 e. The standard InChI is InChI=1S/C20H37N5/c1-5-21-20(22-14-9-8-12-18-10-6-7-11-18)23-15-13-19-16(2)24-25(4)17(19)3/h18H,5-15H2,1-4H3,(H2,21,22,23). The van der Waals surface area contributed by atoms with Crippen LogP contribution in [-0.4, -0.2) is 35.4 Å². The Hall–Kier alpha value is -1.52. The number of aliphatic imine (C=N–C) groups is 1. The third kappa shape index (κ3) is 6.37. The van der Waals surface area contributed by atoms with E-state index in [1.807, 2.05) is 11.7 Å². The van der Waals surface area contributed by atoms with E-state index in [0.717, 1.165) is 43.6 Å². The van der Waals surface area contributed by atoms with Gasteiger partial charge in [0.15, 0.2) is 5.96 Å². The number of hydrogen-bond donors (Lipinski definition) is 2. The summed E-state index contributed by atoms with van der Waals surface area (Å²) in [5, 5.41) is 11.3. The van der Waals surface area contributed by atoms with Gasteiger partial charge in [-0.1, -0.05) is 38.5 Å². The van der Waals surface area contributed by atoms with Gasteiger partial charge in [0, 0.05) is 32.4 Å². The van der Waals surface area contributed by atoms with E-state index in [4.69, 9.17) is 4.99 Å². The van der Waals surface area contributed by atoms with Crippen LogP contribution in [0.15, 0.2) is 4.99 Å². The van der Waals surface area contributed by atoms with Crippen LogP contribution in [0.4, 0.5) is 0 Å². The van der Waals surface area contributed by atoms with Crippen molar-refractivity contribution in [3.05, 3.63) is 17.0 Å². The van der Waals surface area contributed by atoms with E-state index < -0.39 is 0 Å². The molecule has 142 valence electrons. The molecule has 1 aromatic heterocycles. The summed E-state index contributed by atoms with van der Waals surface area (Å²) in [4.78, 5) is 4.73. The normalized spacial score (nSPS) is 15.8. The smallest absolute Gasteiger partial charge is 0.191 e. The van der Waals surface area contributed by atoms with Crippen molar-refractivity contribution in [2.45, 2.75) is 72.1 Å². The van der Waals surface area contributed by atoms with Crippen molar-refractivity contribution >= 4 is 5.96 Å². The summed E-state index contributed by atoms with van der Waals surface area (Å²) >= 11 is 0. The Morgan fingerprint density at radius 3 is 2.60 bits per heavy atom. The third-order valence-electron chi connectivity index (χ3n) is 5.44. The van der Waals surface area contributed by atoms with Crippen LogP contribution in [0, 0.1) is 19.8 Å². The largest absolute Gasteiger partial charge is 0.357 e. The number of aryl methyl sites for hydroxylation is 2. The Morgan fingerprint density at radius 2 is 1.96 bits per heavy atom. The van der Waals surface area contributed by atoms with Crippen LogP contribution in [0.1, 0.15) is 68.8 Å². The highest BCUT2D eigenvalue weighted by Gasteiger charge is 2.13. The van der Waals surface area contributed by atoms with Gasteiger partial charge in [-0.05, 0) is 45.1 Å². The maximum absolute atomic E-state index is 4.73. The fraction of sp³-hybridized carbons (Fsp3) is 0.800. The SMILES string of the molecule is CCNC(=NCCCCC1CCCC1)NCCc1c(C)nn(C)c1C. The van der Waals surface area contributed by atoms with Crippen LogP contribution < -0.4 is 10.6 Å². The van der Waals surface area contributed by atoms with Crippen LogP contribution in [0.25, 0.3) is 0 Å². The van der Waals surface area contributed by atoms with Gasteiger partial charge in [0.2, 0.25) is 0 Å². The number of rotatable bonds is 9. The highest BCUT2D eigenvalue weighted by Crippen LogP contribution is 2.28. The molecule has 5 heteroatoms. The van der Waals surface area contributed by atoms with E-state index in [-0.39, 0.29) is 0 Å². The first kappa shape index (κ1) is 19.8. The van der Waals surface area contributed by atoms with Crippen molar-refractivity contribution in [2.75, 3.05) is 19.6 Å². The third-order valence-corrected chi connectivity index (χ3v) is 5.44. The number of guanidine groups is 1. The topological polar surface area (TPSA) is 54.2 Å². The molecule has 2 rings (SSSR count). The van der Waals surface area contributed by atoms with Crippen LogP contribution in [0.5, 0.6) is 0 Å². The van der Waals surface area contributed by atoms with Gasteiger partial charge in [-0.15, -0.1) is 0 Å². The molecule has 1 fully saturated rings. The molecule has 0 aromatic carbocycles. The molecule has 5 nitrogen and oxygen atoms in total. The molecule has 0 radical (unpaired) electrons. The van der Waals surface area contributed by atoms with Gasteiger partial charge < -0.3 is 10.6 Å². The first-order valence-corrected chi connectivity index (χ1v) is 10.1. The van der Waals surface area contributed by atoms with Gasteiger partial charge in [0.1, 0.15) is 0 Å². The van der Waals surface area contributed by atoms with Crippen LogP contribution in [0.2, 0.25) is 0 Å². The lowest BCUT2D eigenvalue weighted by atomic mass is 10.0. The average Bonchev–Trinajstić information content (AvgIpc) is 3.18. The lowest BCUT2D eigenvalue weighted by Crippen LogP contribution is -2.38.